The molecule has 0 aliphatic carbocycles. The molecule has 0 spiro atoms. The van der Waals surface area contributed by atoms with E-state index in [-0.39, 0.29) is 0 Å². The van der Waals surface area contributed by atoms with Gasteiger partial charge in [0.15, 0.2) is 0 Å². The van der Waals surface area contributed by atoms with Crippen molar-refractivity contribution in [1.29, 1.82) is 0 Å². The third-order valence-corrected chi connectivity index (χ3v) is 2.20. The molecule has 2 heteroatoms. The summed E-state index contributed by atoms with van der Waals surface area (Å²) in [4.78, 5) is 4.75. The van der Waals surface area contributed by atoms with Crippen LogP contribution in [0.15, 0.2) is 29.4 Å². The quantitative estimate of drug-likeness (QED) is 0.531. The van der Waals surface area contributed by atoms with Crippen molar-refractivity contribution in [3.8, 4) is 0 Å². The molecule has 0 heterocycles. The van der Waals surface area contributed by atoms with Crippen molar-refractivity contribution in [2.24, 2.45) is 5.16 Å². The van der Waals surface area contributed by atoms with E-state index in [1.807, 2.05) is 13.0 Å². The van der Waals surface area contributed by atoms with Crippen LogP contribution in [0.3, 0.4) is 0 Å². The molecule has 0 N–H and O–H groups in total. The Bertz CT molecular complexity index is 329. The van der Waals surface area contributed by atoms with Crippen molar-refractivity contribution < 1.29 is 4.84 Å². The highest BCUT2D eigenvalue weighted by molar-refractivity contribution is 5.98. The lowest BCUT2D eigenvalue weighted by molar-refractivity contribution is 0.213. The van der Waals surface area contributed by atoms with Crippen LogP contribution in [0.1, 0.15) is 37.8 Å². The van der Waals surface area contributed by atoms with Crippen molar-refractivity contribution in [2.45, 2.75) is 26.7 Å². The number of nitrogens with zero attached hydrogens (tertiary/aromatic N) is 1. The van der Waals surface area contributed by atoms with Gasteiger partial charge in [0, 0.05) is 0 Å². The van der Waals surface area contributed by atoms with Crippen molar-refractivity contribution in [3.63, 3.8) is 0 Å². The second-order valence-corrected chi connectivity index (χ2v) is 3.64. The van der Waals surface area contributed by atoms with Crippen LogP contribution in [0.25, 0.3) is 0 Å². The molecule has 1 aromatic carbocycles. The zero-order chi connectivity index (χ0) is 10.6. The average Bonchev–Trinajstić information content (AvgIpc) is 2.18. The van der Waals surface area contributed by atoms with Crippen molar-refractivity contribution in [1.82, 2.24) is 0 Å². The third kappa shape index (κ3) is 2.59. The van der Waals surface area contributed by atoms with Crippen LogP contribution < -0.4 is 0 Å². The Hall–Kier alpha value is -1.31. The predicted molar refractivity (Wildman–Crippen MR) is 59.8 cm³/mol. The first-order valence-electron chi connectivity index (χ1n) is 4.83. The van der Waals surface area contributed by atoms with Gasteiger partial charge in [0.05, 0.1) is 5.71 Å². The number of rotatable bonds is 3. The normalized spacial score (nSPS) is 11.9. The van der Waals surface area contributed by atoms with Crippen LogP contribution in [0.2, 0.25) is 0 Å². The summed E-state index contributed by atoms with van der Waals surface area (Å²) in [6.07, 6.45) is 0. The van der Waals surface area contributed by atoms with Crippen molar-refractivity contribution >= 4 is 5.71 Å². The molecule has 76 valence electrons. The topological polar surface area (TPSA) is 21.6 Å². The van der Waals surface area contributed by atoms with Gasteiger partial charge < -0.3 is 4.84 Å². The van der Waals surface area contributed by atoms with Crippen molar-refractivity contribution in [2.75, 3.05) is 7.11 Å². The maximum Gasteiger partial charge on any atom is 0.106 e. The molecule has 0 aliphatic heterocycles. The van der Waals surface area contributed by atoms with Crippen LogP contribution in [0.5, 0.6) is 0 Å². The Labute approximate surface area is 85.6 Å². The summed E-state index contributed by atoms with van der Waals surface area (Å²) >= 11 is 0. The SMILES string of the molecule is CO/N=C(\C)c1cccc(C(C)C)c1. The molecule has 0 aromatic heterocycles. The molecule has 1 rings (SSSR count). The molecule has 0 radical (unpaired) electrons. The van der Waals surface area contributed by atoms with Crippen LogP contribution in [-0.2, 0) is 4.84 Å². The Kier molecular flexibility index (Phi) is 3.69. The summed E-state index contributed by atoms with van der Waals surface area (Å²) in [6, 6.07) is 8.39. The largest absolute Gasteiger partial charge is 0.399 e. The molecule has 0 unspecified atom stereocenters. The molecular weight excluding hydrogens is 174 g/mol. The number of hydrogen-bond acceptors (Lipinski definition) is 2. The maximum atomic E-state index is 4.75. The lowest BCUT2D eigenvalue weighted by atomic mass is 9.99. The monoisotopic (exact) mass is 191 g/mol. The lowest BCUT2D eigenvalue weighted by Gasteiger charge is -2.07. The van der Waals surface area contributed by atoms with Crippen LogP contribution >= 0.6 is 0 Å². The molecule has 0 bridgehead atoms. The fraction of sp³-hybridized carbons (Fsp3) is 0.417. The zero-order valence-electron chi connectivity index (χ0n) is 9.24. The smallest absolute Gasteiger partial charge is 0.106 e. The van der Waals surface area contributed by atoms with Gasteiger partial charge in [0.2, 0.25) is 0 Å². The van der Waals surface area contributed by atoms with E-state index in [1.165, 1.54) is 5.56 Å². The van der Waals surface area contributed by atoms with E-state index in [9.17, 15) is 0 Å². The minimum Gasteiger partial charge on any atom is -0.399 e. The highest BCUT2D eigenvalue weighted by atomic mass is 16.6. The molecule has 0 saturated heterocycles. The molecule has 0 atom stereocenters. The Balaban J connectivity index is 2.99. The van der Waals surface area contributed by atoms with Gasteiger partial charge in [-0.25, -0.2) is 0 Å². The highest BCUT2D eigenvalue weighted by Gasteiger charge is 2.02. The van der Waals surface area contributed by atoms with Gasteiger partial charge in [-0.15, -0.1) is 0 Å². The van der Waals surface area contributed by atoms with E-state index in [0.717, 1.165) is 11.3 Å². The van der Waals surface area contributed by atoms with E-state index in [0.29, 0.717) is 5.92 Å². The van der Waals surface area contributed by atoms with Crippen LogP contribution in [0, 0.1) is 0 Å². The molecule has 0 amide bonds. The van der Waals surface area contributed by atoms with E-state index in [2.05, 4.69) is 37.2 Å². The lowest BCUT2D eigenvalue weighted by Crippen LogP contribution is -1.97. The Morgan fingerprint density at radius 2 is 2.07 bits per heavy atom. The Morgan fingerprint density at radius 1 is 1.36 bits per heavy atom. The molecule has 0 fully saturated rings. The van der Waals surface area contributed by atoms with E-state index in [1.54, 1.807) is 7.11 Å². The number of hydrogen-bond donors (Lipinski definition) is 0. The highest BCUT2D eigenvalue weighted by Crippen LogP contribution is 2.15. The molecule has 14 heavy (non-hydrogen) atoms. The van der Waals surface area contributed by atoms with E-state index < -0.39 is 0 Å². The summed E-state index contributed by atoms with van der Waals surface area (Å²) in [5.74, 6) is 0.547. The third-order valence-electron chi connectivity index (χ3n) is 2.20. The first-order chi connectivity index (χ1) is 6.65. The fourth-order valence-corrected chi connectivity index (χ4v) is 1.31. The fourth-order valence-electron chi connectivity index (χ4n) is 1.31. The van der Waals surface area contributed by atoms with Gasteiger partial charge in [-0.1, -0.05) is 37.2 Å². The molecular formula is C12H17NO. The second kappa shape index (κ2) is 4.80. The summed E-state index contributed by atoms with van der Waals surface area (Å²) in [5.41, 5.74) is 3.36. The van der Waals surface area contributed by atoms with Gasteiger partial charge in [0.1, 0.15) is 7.11 Å². The minimum absolute atomic E-state index is 0.547. The summed E-state index contributed by atoms with van der Waals surface area (Å²) in [5, 5.41) is 3.91. The van der Waals surface area contributed by atoms with Crippen molar-refractivity contribution in [3.05, 3.63) is 35.4 Å². The van der Waals surface area contributed by atoms with Crippen LogP contribution in [0.4, 0.5) is 0 Å². The van der Waals surface area contributed by atoms with Gasteiger partial charge in [0.25, 0.3) is 0 Å². The number of oxime groups is 1. The average molecular weight is 191 g/mol. The van der Waals surface area contributed by atoms with E-state index in [4.69, 9.17) is 4.84 Å². The maximum absolute atomic E-state index is 4.75. The zero-order valence-corrected chi connectivity index (χ0v) is 9.24. The number of benzene rings is 1. The molecule has 0 aliphatic rings. The molecule has 0 saturated carbocycles. The van der Waals surface area contributed by atoms with Gasteiger partial charge in [-0.3, -0.25) is 0 Å². The van der Waals surface area contributed by atoms with E-state index >= 15 is 0 Å². The first-order valence-corrected chi connectivity index (χ1v) is 4.83. The molecule has 2 nitrogen and oxygen atoms in total. The first kappa shape index (κ1) is 10.8. The Morgan fingerprint density at radius 3 is 2.64 bits per heavy atom. The predicted octanol–water partition coefficient (Wildman–Crippen LogP) is 3.18. The standard InChI is InChI=1S/C12H17NO/c1-9(2)11-6-5-7-12(8-11)10(3)13-14-4/h5-9H,1-4H3/b13-10+. The summed E-state index contributed by atoms with van der Waals surface area (Å²) in [7, 11) is 1.57. The van der Waals surface area contributed by atoms with Crippen LogP contribution in [-0.4, -0.2) is 12.8 Å². The summed E-state index contributed by atoms with van der Waals surface area (Å²) < 4.78 is 0. The van der Waals surface area contributed by atoms with Gasteiger partial charge in [-0.05, 0) is 30.0 Å². The second-order valence-electron chi connectivity index (χ2n) is 3.64. The summed E-state index contributed by atoms with van der Waals surface area (Å²) in [6.45, 7) is 6.31. The minimum atomic E-state index is 0.547. The molecule has 1 aromatic rings. The van der Waals surface area contributed by atoms with Gasteiger partial charge in [-0.2, -0.15) is 0 Å². The van der Waals surface area contributed by atoms with Gasteiger partial charge >= 0.3 is 0 Å².